The van der Waals surface area contributed by atoms with Crippen molar-refractivity contribution in [2.75, 3.05) is 17.2 Å². The largest absolute Gasteiger partial charge is 0.399 e. The molecule has 0 unspecified atom stereocenters. The fourth-order valence-corrected chi connectivity index (χ4v) is 2.91. The first-order valence-corrected chi connectivity index (χ1v) is 5.99. The van der Waals surface area contributed by atoms with Gasteiger partial charge in [0.15, 0.2) is 0 Å². The Hall–Kier alpha value is -0.700. The van der Waals surface area contributed by atoms with Gasteiger partial charge in [0, 0.05) is 5.69 Å². The zero-order chi connectivity index (χ0) is 10.0. The maximum atomic E-state index is 14.4. The van der Waals surface area contributed by atoms with Crippen molar-refractivity contribution in [3.63, 3.8) is 0 Å². The van der Waals surface area contributed by atoms with Gasteiger partial charge >= 0.3 is 0 Å². The van der Waals surface area contributed by atoms with Crippen LogP contribution in [0.2, 0.25) is 0 Å². The molecule has 0 atom stereocenters. The van der Waals surface area contributed by atoms with Gasteiger partial charge in [-0.15, -0.1) is 0 Å². The second kappa shape index (κ2) is 3.81. The second-order valence-electron chi connectivity index (χ2n) is 3.70. The number of nitrogens with two attached hydrogens (primary N) is 1. The van der Waals surface area contributed by atoms with E-state index in [-0.39, 0.29) is 0 Å². The van der Waals surface area contributed by atoms with Crippen LogP contribution in [0.1, 0.15) is 18.4 Å². The SMILES string of the molecule is Nc1ccc(C2(F)CCSCC2)cc1. The van der Waals surface area contributed by atoms with Gasteiger partial charge in [-0.05, 0) is 42.0 Å². The van der Waals surface area contributed by atoms with E-state index in [0.717, 1.165) is 17.1 Å². The maximum absolute atomic E-state index is 14.4. The van der Waals surface area contributed by atoms with Crippen molar-refractivity contribution in [1.82, 2.24) is 0 Å². The van der Waals surface area contributed by atoms with Gasteiger partial charge in [-0.2, -0.15) is 11.8 Å². The first kappa shape index (κ1) is 9.84. The average Bonchev–Trinajstić information content (AvgIpc) is 2.19. The Kier molecular flexibility index (Phi) is 2.68. The molecule has 0 amide bonds. The van der Waals surface area contributed by atoms with Gasteiger partial charge in [0.1, 0.15) is 5.67 Å². The highest BCUT2D eigenvalue weighted by Gasteiger charge is 2.33. The summed E-state index contributed by atoms with van der Waals surface area (Å²) in [5.74, 6) is 1.84. The fourth-order valence-electron chi connectivity index (χ4n) is 1.77. The number of hydrogen-bond donors (Lipinski definition) is 1. The predicted octanol–water partition coefficient (Wildman–Crippen LogP) is 2.96. The third-order valence-corrected chi connectivity index (χ3v) is 3.70. The highest BCUT2D eigenvalue weighted by atomic mass is 32.2. The normalized spacial score (nSPS) is 20.6. The van der Waals surface area contributed by atoms with E-state index in [1.165, 1.54) is 0 Å². The van der Waals surface area contributed by atoms with Gasteiger partial charge in [0.25, 0.3) is 0 Å². The van der Waals surface area contributed by atoms with Crippen LogP contribution >= 0.6 is 11.8 Å². The molecule has 1 aromatic carbocycles. The smallest absolute Gasteiger partial charge is 0.137 e. The minimum atomic E-state index is -1.11. The molecule has 0 spiro atoms. The summed E-state index contributed by atoms with van der Waals surface area (Å²) in [7, 11) is 0. The lowest BCUT2D eigenvalue weighted by Crippen LogP contribution is -2.25. The van der Waals surface area contributed by atoms with Gasteiger partial charge in [-0.1, -0.05) is 12.1 Å². The summed E-state index contributed by atoms with van der Waals surface area (Å²) in [6.45, 7) is 0. The van der Waals surface area contributed by atoms with Crippen LogP contribution in [0.3, 0.4) is 0 Å². The first-order chi connectivity index (χ1) is 6.71. The molecule has 2 rings (SSSR count). The molecule has 0 bridgehead atoms. The molecule has 1 nitrogen and oxygen atoms in total. The minimum Gasteiger partial charge on any atom is -0.399 e. The Morgan fingerprint density at radius 2 is 1.71 bits per heavy atom. The number of hydrogen-bond acceptors (Lipinski definition) is 2. The quantitative estimate of drug-likeness (QED) is 0.723. The summed E-state index contributed by atoms with van der Waals surface area (Å²) in [6.07, 6.45) is 1.25. The summed E-state index contributed by atoms with van der Waals surface area (Å²) >= 11 is 1.83. The number of halogens is 1. The van der Waals surface area contributed by atoms with E-state index >= 15 is 0 Å². The fraction of sp³-hybridized carbons (Fsp3) is 0.455. The van der Waals surface area contributed by atoms with E-state index in [1.807, 2.05) is 23.9 Å². The van der Waals surface area contributed by atoms with Gasteiger partial charge < -0.3 is 5.73 Å². The molecule has 0 aromatic heterocycles. The lowest BCUT2D eigenvalue weighted by atomic mass is 9.90. The van der Waals surface area contributed by atoms with Crippen molar-refractivity contribution in [1.29, 1.82) is 0 Å². The monoisotopic (exact) mass is 211 g/mol. The summed E-state index contributed by atoms with van der Waals surface area (Å²) in [4.78, 5) is 0. The third kappa shape index (κ3) is 1.87. The molecule has 0 saturated carbocycles. The molecule has 1 aliphatic rings. The maximum Gasteiger partial charge on any atom is 0.137 e. The van der Waals surface area contributed by atoms with Crippen LogP contribution in [-0.4, -0.2) is 11.5 Å². The average molecular weight is 211 g/mol. The molecule has 1 aromatic rings. The van der Waals surface area contributed by atoms with E-state index < -0.39 is 5.67 Å². The van der Waals surface area contributed by atoms with E-state index in [2.05, 4.69) is 0 Å². The Morgan fingerprint density at radius 3 is 2.29 bits per heavy atom. The minimum absolute atomic E-state index is 0.627. The van der Waals surface area contributed by atoms with Crippen molar-refractivity contribution in [2.24, 2.45) is 0 Å². The van der Waals surface area contributed by atoms with Crippen LogP contribution in [-0.2, 0) is 5.67 Å². The molecule has 1 saturated heterocycles. The number of thioether (sulfide) groups is 1. The summed E-state index contributed by atoms with van der Waals surface area (Å²) in [5, 5.41) is 0. The van der Waals surface area contributed by atoms with E-state index in [9.17, 15) is 4.39 Å². The van der Waals surface area contributed by atoms with Crippen LogP contribution in [0.5, 0.6) is 0 Å². The molecule has 1 aliphatic heterocycles. The number of rotatable bonds is 1. The first-order valence-electron chi connectivity index (χ1n) is 4.83. The zero-order valence-electron chi connectivity index (χ0n) is 8.00. The molecule has 1 fully saturated rings. The molecule has 1 heterocycles. The molecule has 0 radical (unpaired) electrons. The van der Waals surface area contributed by atoms with Crippen molar-refractivity contribution >= 4 is 17.4 Å². The Balaban J connectivity index is 2.23. The van der Waals surface area contributed by atoms with Gasteiger partial charge in [0.2, 0.25) is 0 Å². The van der Waals surface area contributed by atoms with Gasteiger partial charge in [-0.25, -0.2) is 4.39 Å². The van der Waals surface area contributed by atoms with E-state index in [4.69, 9.17) is 5.73 Å². The van der Waals surface area contributed by atoms with Crippen molar-refractivity contribution in [3.8, 4) is 0 Å². The number of nitrogen functional groups attached to an aromatic ring is 1. The molecule has 76 valence electrons. The van der Waals surface area contributed by atoms with E-state index in [1.54, 1.807) is 12.1 Å². The second-order valence-corrected chi connectivity index (χ2v) is 4.92. The number of benzene rings is 1. The molecule has 2 N–H and O–H groups in total. The summed E-state index contributed by atoms with van der Waals surface area (Å²) in [5.41, 5.74) is 5.94. The zero-order valence-corrected chi connectivity index (χ0v) is 8.82. The van der Waals surface area contributed by atoms with Crippen LogP contribution < -0.4 is 5.73 Å². The Labute approximate surface area is 87.9 Å². The highest BCUT2D eigenvalue weighted by Crippen LogP contribution is 2.39. The highest BCUT2D eigenvalue weighted by molar-refractivity contribution is 7.99. The molecule has 0 aliphatic carbocycles. The van der Waals surface area contributed by atoms with Crippen molar-refractivity contribution in [2.45, 2.75) is 18.5 Å². The van der Waals surface area contributed by atoms with Crippen LogP contribution in [0.15, 0.2) is 24.3 Å². The van der Waals surface area contributed by atoms with Crippen molar-refractivity contribution in [3.05, 3.63) is 29.8 Å². The number of alkyl halides is 1. The van der Waals surface area contributed by atoms with Crippen LogP contribution in [0, 0.1) is 0 Å². The van der Waals surface area contributed by atoms with Crippen LogP contribution in [0.25, 0.3) is 0 Å². The van der Waals surface area contributed by atoms with E-state index in [0.29, 0.717) is 18.5 Å². The van der Waals surface area contributed by atoms with Crippen molar-refractivity contribution < 1.29 is 4.39 Å². The molecular formula is C11H14FNS. The summed E-state index contributed by atoms with van der Waals surface area (Å²) < 4.78 is 14.4. The molecule has 3 heteroatoms. The lowest BCUT2D eigenvalue weighted by Gasteiger charge is -2.29. The predicted molar refractivity (Wildman–Crippen MR) is 60.2 cm³/mol. The summed E-state index contributed by atoms with van der Waals surface area (Å²) in [6, 6.07) is 7.17. The lowest BCUT2D eigenvalue weighted by molar-refractivity contribution is 0.151. The third-order valence-electron chi connectivity index (χ3n) is 2.71. The van der Waals surface area contributed by atoms with Crippen LogP contribution in [0.4, 0.5) is 10.1 Å². The van der Waals surface area contributed by atoms with Gasteiger partial charge in [-0.3, -0.25) is 0 Å². The Bertz CT molecular complexity index is 304. The topological polar surface area (TPSA) is 26.0 Å². The Morgan fingerprint density at radius 1 is 1.14 bits per heavy atom. The number of anilines is 1. The van der Waals surface area contributed by atoms with Gasteiger partial charge in [0.05, 0.1) is 0 Å². The molecular weight excluding hydrogens is 197 g/mol. The molecule has 14 heavy (non-hydrogen) atoms. The standard InChI is InChI=1S/C11H14FNS/c12-11(5-7-14-8-6-11)9-1-3-10(13)4-2-9/h1-4H,5-8,13H2.